The van der Waals surface area contributed by atoms with Crippen molar-refractivity contribution in [1.82, 2.24) is 20.4 Å². The van der Waals surface area contributed by atoms with Crippen molar-refractivity contribution in [2.24, 2.45) is 0 Å². The summed E-state index contributed by atoms with van der Waals surface area (Å²) in [4.78, 5) is 6.68. The van der Waals surface area contributed by atoms with E-state index in [0.717, 1.165) is 49.1 Å². The fourth-order valence-corrected chi connectivity index (χ4v) is 3.50. The third kappa shape index (κ3) is 3.93. The lowest BCUT2D eigenvalue weighted by molar-refractivity contribution is 0.166. The SMILES string of the molecule is Cc1nc(CN2CCC[C@@H](NCc3cccc4c3OCCO4)C2)no1. The monoisotopic (exact) mass is 344 g/mol. The van der Waals surface area contributed by atoms with Crippen LogP contribution in [0.3, 0.4) is 0 Å². The summed E-state index contributed by atoms with van der Waals surface area (Å²) in [5.41, 5.74) is 1.16. The van der Waals surface area contributed by atoms with Gasteiger partial charge < -0.3 is 19.3 Å². The highest BCUT2D eigenvalue weighted by molar-refractivity contribution is 5.47. The highest BCUT2D eigenvalue weighted by Crippen LogP contribution is 2.33. The first-order valence-electron chi connectivity index (χ1n) is 8.90. The van der Waals surface area contributed by atoms with Crippen LogP contribution in [0, 0.1) is 6.92 Å². The molecule has 2 aromatic rings. The summed E-state index contributed by atoms with van der Waals surface area (Å²) in [6.07, 6.45) is 2.34. The quantitative estimate of drug-likeness (QED) is 0.888. The second-order valence-corrected chi connectivity index (χ2v) is 6.63. The van der Waals surface area contributed by atoms with Crippen molar-refractivity contribution in [3.63, 3.8) is 0 Å². The van der Waals surface area contributed by atoms with Crippen molar-refractivity contribution in [3.05, 3.63) is 35.5 Å². The summed E-state index contributed by atoms with van der Waals surface area (Å²) in [6, 6.07) is 6.54. The van der Waals surface area contributed by atoms with Crippen LogP contribution in [0.25, 0.3) is 0 Å². The Morgan fingerprint density at radius 2 is 2.20 bits per heavy atom. The minimum atomic E-state index is 0.446. The molecule has 134 valence electrons. The highest BCUT2D eigenvalue weighted by atomic mass is 16.6. The maximum absolute atomic E-state index is 5.79. The summed E-state index contributed by atoms with van der Waals surface area (Å²) >= 11 is 0. The average Bonchev–Trinajstić information content (AvgIpc) is 3.05. The van der Waals surface area contributed by atoms with Gasteiger partial charge in [0.1, 0.15) is 13.2 Å². The van der Waals surface area contributed by atoms with E-state index in [0.29, 0.717) is 25.1 Å². The van der Waals surface area contributed by atoms with Crippen molar-refractivity contribution in [2.75, 3.05) is 26.3 Å². The number of ether oxygens (including phenoxy) is 2. The Morgan fingerprint density at radius 1 is 1.28 bits per heavy atom. The summed E-state index contributed by atoms with van der Waals surface area (Å²) in [5.74, 6) is 3.12. The number of benzene rings is 1. The average molecular weight is 344 g/mol. The molecule has 1 fully saturated rings. The number of nitrogens with one attached hydrogen (secondary N) is 1. The largest absolute Gasteiger partial charge is 0.486 e. The van der Waals surface area contributed by atoms with Crippen molar-refractivity contribution >= 4 is 0 Å². The predicted molar refractivity (Wildman–Crippen MR) is 91.6 cm³/mol. The van der Waals surface area contributed by atoms with Crippen LogP contribution in [0.5, 0.6) is 11.5 Å². The third-order valence-electron chi connectivity index (χ3n) is 4.67. The van der Waals surface area contributed by atoms with Crippen LogP contribution >= 0.6 is 0 Å². The third-order valence-corrected chi connectivity index (χ3v) is 4.67. The first-order valence-corrected chi connectivity index (χ1v) is 8.90. The molecule has 0 unspecified atom stereocenters. The zero-order valence-electron chi connectivity index (χ0n) is 14.5. The van der Waals surface area contributed by atoms with Gasteiger partial charge in [0.2, 0.25) is 5.89 Å². The molecule has 7 nitrogen and oxygen atoms in total. The Hall–Kier alpha value is -2.12. The molecule has 0 aliphatic carbocycles. The Kier molecular flexibility index (Phi) is 4.85. The summed E-state index contributed by atoms with van der Waals surface area (Å²) < 4.78 is 16.5. The van der Waals surface area contributed by atoms with Crippen LogP contribution in [-0.2, 0) is 13.1 Å². The number of hydrogen-bond acceptors (Lipinski definition) is 7. The molecule has 4 rings (SSSR count). The second kappa shape index (κ2) is 7.41. The van der Waals surface area contributed by atoms with E-state index in [2.05, 4.69) is 26.4 Å². The van der Waals surface area contributed by atoms with Crippen molar-refractivity contribution in [2.45, 2.75) is 38.9 Å². The van der Waals surface area contributed by atoms with Gasteiger partial charge in [0, 0.05) is 31.6 Å². The van der Waals surface area contributed by atoms with Gasteiger partial charge in [-0.2, -0.15) is 4.98 Å². The molecule has 25 heavy (non-hydrogen) atoms. The maximum atomic E-state index is 5.79. The van der Waals surface area contributed by atoms with E-state index in [4.69, 9.17) is 14.0 Å². The van der Waals surface area contributed by atoms with Gasteiger partial charge in [0.15, 0.2) is 17.3 Å². The van der Waals surface area contributed by atoms with E-state index < -0.39 is 0 Å². The smallest absolute Gasteiger partial charge is 0.223 e. The summed E-state index contributed by atoms with van der Waals surface area (Å²) in [5, 5.41) is 7.67. The Morgan fingerprint density at radius 3 is 3.08 bits per heavy atom. The predicted octanol–water partition coefficient (Wildman–Crippen LogP) is 1.90. The molecule has 7 heteroatoms. The topological polar surface area (TPSA) is 72.7 Å². The lowest BCUT2D eigenvalue weighted by atomic mass is 10.0. The molecule has 1 saturated heterocycles. The van der Waals surface area contributed by atoms with E-state index >= 15 is 0 Å². The Balaban J connectivity index is 1.33. The molecule has 2 aliphatic heterocycles. The molecule has 1 aromatic heterocycles. The van der Waals surface area contributed by atoms with Crippen molar-refractivity contribution in [3.8, 4) is 11.5 Å². The number of piperidine rings is 1. The standard InChI is InChI=1S/C18H24N4O3/c1-13-20-17(21-25-13)12-22-7-3-5-15(11-22)19-10-14-4-2-6-16-18(14)24-9-8-23-16/h2,4,6,15,19H,3,5,7-12H2,1H3/t15-/m1/s1. The van der Waals surface area contributed by atoms with Crippen molar-refractivity contribution in [1.29, 1.82) is 0 Å². The molecule has 0 spiro atoms. The normalized spacial score (nSPS) is 20.6. The Labute approximate surface area is 147 Å². The van der Waals surface area contributed by atoms with E-state index in [1.807, 2.05) is 19.1 Å². The Bertz CT molecular complexity index is 718. The summed E-state index contributed by atoms with van der Waals surface area (Å²) in [6.45, 7) is 6.65. The number of hydrogen-bond donors (Lipinski definition) is 1. The van der Waals surface area contributed by atoms with Gasteiger partial charge in [0.05, 0.1) is 6.54 Å². The molecule has 1 N–H and O–H groups in total. The zero-order chi connectivity index (χ0) is 17.1. The van der Waals surface area contributed by atoms with Gasteiger partial charge in [-0.15, -0.1) is 0 Å². The first kappa shape index (κ1) is 16.4. The molecule has 0 radical (unpaired) electrons. The molecule has 0 saturated carbocycles. The molecular weight excluding hydrogens is 320 g/mol. The molecule has 3 heterocycles. The number of nitrogens with zero attached hydrogens (tertiary/aromatic N) is 3. The minimum absolute atomic E-state index is 0.446. The van der Waals surface area contributed by atoms with E-state index in [-0.39, 0.29) is 0 Å². The van der Waals surface area contributed by atoms with Gasteiger partial charge in [-0.05, 0) is 25.5 Å². The van der Waals surface area contributed by atoms with Gasteiger partial charge >= 0.3 is 0 Å². The lowest BCUT2D eigenvalue weighted by Crippen LogP contribution is -2.45. The van der Waals surface area contributed by atoms with E-state index in [9.17, 15) is 0 Å². The summed E-state index contributed by atoms with van der Waals surface area (Å²) in [7, 11) is 0. The number of fused-ring (bicyclic) bond motifs is 1. The number of rotatable bonds is 5. The number of para-hydroxylation sites is 1. The molecule has 1 aromatic carbocycles. The van der Waals surface area contributed by atoms with Crippen LogP contribution in [-0.4, -0.2) is 47.4 Å². The maximum Gasteiger partial charge on any atom is 0.223 e. The van der Waals surface area contributed by atoms with Crippen LogP contribution in [0.1, 0.15) is 30.1 Å². The van der Waals surface area contributed by atoms with Crippen LogP contribution in [0.2, 0.25) is 0 Å². The second-order valence-electron chi connectivity index (χ2n) is 6.63. The first-order chi connectivity index (χ1) is 12.3. The van der Waals surface area contributed by atoms with Gasteiger partial charge in [0.25, 0.3) is 0 Å². The fraction of sp³-hybridized carbons (Fsp3) is 0.556. The van der Waals surface area contributed by atoms with Crippen LogP contribution in [0.4, 0.5) is 0 Å². The fourth-order valence-electron chi connectivity index (χ4n) is 3.50. The molecule has 1 atom stereocenters. The molecular formula is C18H24N4O3. The van der Waals surface area contributed by atoms with Gasteiger partial charge in [-0.1, -0.05) is 17.3 Å². The van der Waals surface area contributed by atoms with Gasteiger partial charge in [-0.3, -0.25) is 4.90 Å². The molecule has 2 aliphatic rings. The van der Waals surface area contributed by atoms with Crippen LogP contribution < -0.4 is 14.8 Å². The molecule has 0 bridgehead atoms. The van der Waals surface area contributed by atoms with E-state index in [1.54, 1.807) is 0 Å². The van der Waals surface area contributed by atoms with Gasteiger partial charge in [-0.25, -0.2) is 0 Å². The zero-order valence-corrected chi connectivity index (χ0v) is 14.5. The molecule has 0 amide bonds. The van der Waals surface area contributed by atoms with Crippen molar-refractivity contribution < 1.29 is 14.0 Å². The van der Waals surface area contributed by atoms with E-state index in [1.165, 1.54) is 12.8 Å². The minimum Gasteiger partial charge on any atom is -0.486 e. The number of aryl methyl sites for hydroxylation is 1. The highest BCUT2D eigenvalue weighted by Gasteiger charge is 2.22. The number of likely N-dealkylation sites (tertiary alicyclic amines) is 1. The van der Waals surface area contributed by atoms with Crippen LogP contribution in [0.15, 0.2) is 22.7 Å². The number of aromatic nitrogens is 2. The lowest BCUT2D eigenvalue weighted by Gasteiger charge is -2.32.